The van der Waals surface area contributed by atoms with E-state index in [1.807, 2.05) is 13.8 Å². The number of carbonyl (C=O) groups is 1. The van der Waals surface area contributed by atoms with Gasteiger partial charge in [-0.2, -0.15) is 0 Å². The van der Waals surface area contributed by atoms with Gasteiger partial charge in [-0.1, -0.05) is 24.9 Å². The Labute approximate surface area is 126 Å². The molecule has 2 N–H and O–H groups in total. The van der Waals surface area contributed by atoms with Gasteiger partial charge in [0.1, 0.15) is 10.6 Å². The molecule has 6 heteroatoms. The molecular weight excluding hydrogens is 296 g/mol. The van der Waals surface area contributed by atoms with Crippen LogP contribution in [0.2, 0.25) is 5.02 Å². The van der Waals surface area contributed by atoms with E-state index in [9.17, 15) is 9.90 Å². The summed E-state index contributed by atoms with van der Waals surface area (Å²) in [5.74, 6) is -0.280. The number of carbonyl (C=O) groups excluding carboxylic acids is 1. The summed E-state index contributed by atoms with van der Waals surface area (Å²) < 4.78 is 0. The number of rotatable bonds is 4. The molecule has 106 valence electrons. The van der Waals surface area contributed by atoms with Crippen molar-refractivity contribution in [2.24, 2.45) is 0 Å². The first-order valence-corrected chi connectivity index (χ1v) is 7.47. The van der Waals surface area contributed by atoms with Crippen LogP contribution in [0.1, 0.15) is 33.7 Å². The number of nitrogens with zero attached hydrogens (tertiary/aromatic N) is 1. The standard InChI is InChI=1S/C14H15ClN2O2S/c1-3-4-10-13(20-8(2)16-10)14(19)17-11-7-9(15)5-6-12(11)18/h5-7,18H,3-4H2,1-2H3,(H,17,19). The third-order valence-electron chi connectivity index (χ3n) is 2.70. The molecule has 0 spiro atoms. The summed E-state index contributed by atoms with van der Waals surface area (Å²) >= 11 is 7.21. The summed E-state index contributed by atoms with van der Waals surface area (Å²) in [6.45, 7) is 3.91. The molecule has 2 aromatic rings. The maximum Gasteiger partial charge on any atom is 0.267 e. The van der Waals surface area contributed by atoms with Crippen LogP contribution in [0.15, 0.2) is 18.2 Å². The van der Waals surface area contributed by atoms with Gasteiger partial charge in [-0.15, -0.1) is 11.3 Å². The van der Waals surface area contributed by atoms with Crippen molar-refractivity contribution in [2.75, 3.05) is 5.32 Å². The van der Waals surface area contributed by atoms with E-state index in [1.54, 1.807) is 6.07 Å². The first-order chi connectivity index (χ1) is 9.51. The number of aromatic nitrogens is 1. The van der Waals surface area contributed by atoms with E-state index < -0.39 is 0 Å². The van der Waals surface area contributed by atoms with Gasteiger partial charge >= 0.3 is 0 Å². The summed E-state index contributed by atoms with van der Waals surface area (Å²) in [6, 6.07) is 4.52. The highest BCUT2D eigenvalue weighted by Crippen LogP contribution is 2.28. The van der Waals surface area contributed by atoms with Gasteiger partial charge in [0.15, 0.2) is 0 Å². The molecule has 0 fully saturated rings. The Morgan fingerprint density at radius 3 is 2.95 bits per heavy atom. The van der Waals surface area contributed by atoms with E-state index >= 15 is 0 Å². The molecule has 1 heterocycles. The molecule has 1 aromatic heterocycles. The quantitative estimate of drug-likeness (QED) is 0.839. The Balaban J connectivity index is 2.26. The molecule has 0 saturated carbocycles. The van der Waals surface area contributed by atoms with Crippen LogP contribution in [0.4, 0.5) is 5.69 Å². The third-order valence-corrected chi connectivity index (χ3v) is 3.95. The lowest BCUT2D eigenvalue weighted by Crippen LogP contribution is -2.12. The number of benzene rings is 1. The maximum absolute atomic E-state index is 12.3. The van der Waals surface area contributed by atoms with E-state index in [0.29, 0.717) is 15.6 Å². The van der Waals surface area contributed by atoms with Crippen molar-refractivity contribution in [1.82, 2.24) is 4.98 Å². The summed E-state index contributed by atoms with van der Waals surface area (Å²) in [6.07, 6.45) is 1.68. The lowest BCUT2D eigenvalue weighted by atomic mass is 10.2. The molecule has 1 amide bonds. The monoisotopic (exact) mass is 310 g/mol. The zero-order valence-electron chi connectivity index (χ0n) is 11.2. The average Bonchev–Trinajstić information content (AvgIpc) is 2.75. The number of nitrogens with one attached hydrogen (secondary N) is 1. The fourth-order valence-corrected chi connectivity index (χ4v) is 2.87. The van der Waals surface area contributed by atoms with Crippen molar-refractivity contribution < 1.29 is 9.90 Å². The Morgan fingerprint density at radius 1 is 1.50 bits per heavy atom. The third kappa shape index (κ3) is 3.29. The molecule has 0 aliphatic rings. The predicted molar refractivity (Wildman–Crippen MR) is 81.9 cm³/mol. The number of phenols is 1. The highest BCUT2D eigenvalue weighted by molar-refractivity contribution is 7.13. The largest absolute Gasteiger partial charge is 0.506 e. The number of hydrogen-bond donors (Lipinski definition) is 2. The number of amides is 1. The number of aryl methyl sites for hydroxylation is 2. The molecule has 1 aromatic carbocycles. The number of anilines is 1. The second kappa shape index (κ2) is 6.24. The lowest BCUT2D eigenvalue weighted by Gasteiger charge is -2.07. The van der Waals surface area contributed by atoms with E-state index in [4.69, 9.17) is 11.6 Å². The predicted octanol–water partition coefficient (Wildman–Crippen LogP) is 4.02. The van der Waals surface area contributed by atoms with Gasteiger partial charge in [-0.05, 0) is 31.5 Å². The molecule has 4 nitrogen and oxygen atoms in total. The van der Waals surface area contributed by atoms with Gasteiger partial charge in [-0.3, -0.25) is 4.79 Å². The van der Waals surface area contributed by atoms with Crippen molar-refractivity contribution in [1.29, 1.82) is 0 Å². The van der Waals surface area contributed by atoms with E-state index in [2.05, 4.69) is 10.3 Å². The van der Waals surface area contributed by atoms with Crippen LogP contribution in [0, 0.1) is 6.92 Å². The molecule has 0 unspecified atom stereocenters. The van der Waals surface area contributed by atoms with Crippen molar-refractivity contribution in [3.63, 3.8) is 0 Å². The molecule has 0 saturated heterocycles. The number of hydrogen-bond acceptors (Lipinski definition) is 4. The van der Waals surface area contributed by atoms with Gasteiger partial charge in [0.2, 0.25) is 0 Å². The number of thiazole rings is 1. The molecule has 0 bridgehead atoms. The summed E-state index contributed by atoms with van der Waals surface area (Å²) in [7, 11) is 0. The van der Waals surface area contributed by atoms with Gasteiger partial charge in [-0.25, -0.2) is 4.98 Å². The van der Waals surface area contributed by atoms with Crippen LogP contribution >= 0.6 is 22.9 Å². The minimum absolute atomic E-state index is 0.0129. The number of aromatic hydroxyl groups is 1. The molecule has 0 radical (unpaired) electrons. The second-order valence-electron chi connectivity index (χ2n) is 4.37. The smallest absolute Gasteiger partial charge is 0.267 e. The number of halogens is 1. The Bertz CT molecular complexity index is 640. The van der Waals surface area contributed by atoms with E-state index in [-0.39, 0.29) is 11.7 Å². The zero-order chi connectivity index (χ0) is 14.7. The lowest BCUT2D eigenvalue weighted by molar-refractivity contribution is 0.102. The highest BCUT2D eigenvalue weighted by atomic mass is 35.5. The van der Waals surface area contributed by atoms with Crippen molar-refractivity contribution in [3.05, 3.63) is 38.8 Å². The first-order valence-electron chi connectivity index (χ1n) is 6.27. The van der Waals surface area contributed by atoms with Crippen LogP contribution in [-0.4, -0.2) is 16.0 Å². The SMILES string of the molecule is CCCc1nc(C)sc1C(=O)Nc1cc(Cl)ccc1O. The molecule has 0 aliphatic carbocycles. The minimum atomic E-state index is -0.267. The average molecular weight is 311 g/mol. The molecule has 20 heavy (non-hydrogen) atoms. The number of phenolic OH excluding ortho intramolecular Hbond substituents is 1. The van der Waals surface area contributed by atoms with Crippen LogP contribution < -0.4 is 5.32 Å². The van der Waals surface area contributed by atoms with Crippen LogP contribution in [0.5, 0.6) is 5.75 Å². The van der Waals surface area contributed by atoms with Gasteiger partial charge in [0.25, 0.3) is 5.91 Å². The van der Waals surface area contributed by atoms with Crippen LogP contribution in [0.25, 0.3) is 0 Å². The summed E-state index contributed by atoms with van der Waals surface area (Å²) in [5.41, 5.74) is 1.10. The fraction of sp³-hybridized carbons (Fsp3) is 0.286. The minimum Gasteiger partial charge on any atom is -0.506 e. The van der Waals surface area contributed by atoms with Crippen molar-refractivity contribution in [3.8, 4) is 5.75 Å². The van der Waals surface area contributed by atoms with Gasteiger partial charge in [0, 0.05) is 5.02 Å². The topological polar surface area (TPSA) is 62.2 Å². The fourth-order valence-electron chi connectivity index (χ4n) is 1.84. The normalized spacial score (nSPS) is 10.6. The molecule has 0 aliphatic heterocycles. The van der Waals surface area contributed by atoms with Gasteiger partial charge < -0.3 is 10.4 Å². The van der Waals surface area contributed by atoms with E-state index in [0.717, 1.165) is 23.5 Å². The highest BCUT2D eigenvalue weighted by Gasteiger charge is 2.17. The zero-order valence-corrected chi connectivity index (χ0v) is 12.8. The van der Waals surface area contributed by atoms with Crippen molar-refractivity contribution >= 4 is 34.5 Å². The molecule has 0 atom stereocenters. The first kappa shape index (κ1) is 14.8. The van der Waals surface area contributed by atoms with Crippen LogP contribution in [0.3, 0.4) is 0 Å². The van der Waals surface area contributed by atoms with E-state index in [1.165, 1.54) is 23.5 Å². The Hall–Kier alpha value is -1.59. The van der Waals surface area contributed by atoms with Gasteiger partial charge in [0.05, 0.1) is 16.4 Å². The summed E-state index contributed by atoms with van der Waals surface area (Å²) in [4.78, 5) is 17.3. The molecule has 2 rings (SSSR count). The maximum atomic E-state index is 12.3. The Kier molecular flexibility index (Phi) is 4.62. The van der Waals surface area contributed by atoms with Crippen molar-refractivity contribution in [2.45, 2.75) is 26.7 Å². The Morgan fingerprint density at radius 2 is 2.25 bits per heavy atom. The second-order valence-corrected chi connectivity index (χ2v) is 6.01. The summed E-state index contributed by atoms with van der Waals surface area (Å²) in [5, 5.41) is 13.7. The molecular formula is C14H15ClN2O2S. The van der Waals surface area contributed by atoms with Crippen LogP contribution in [-0.2, 0) is 6.42 Å².